The number of amides is 2. The molecule has 0 fully saturated rings. The molecule has 1 aliphatic heterocycles. The van der Waals surface area contributed by atoms with E-state index in [9.17, 15) is 9.59 Å². The maximum Gasteiger partial charge on any atom is 0.322 e. The molecule has 4 nitrogen and oxygen atoms in total. The largest absolute Gasteiger partial charge is 0.322 e. The SMILES string of the molecule is O=CCCN1Cc2ccccc2NC1=O. The highest BCUT2D eigenvalue weighted by Crippen LogP contribution is 2.22. The Morgan fingerprint density at radius 1 is 1.40 bits per heavy atom. The highest BCUT2D eigenvalue weighted by Gasteiger charge is 2.20. The molecular weight excluding hydrogens is 192 g/mol. The first-order chi connectivity index (χ1) is 7.31. The maximum atomic E-state index is 11.6. The molecule has 0 saturated carbocycles. The summed E-state index contributed by atoms with van der Waals surface area (Å²) in [6.07, 6.45) is 1.21. The molecule has 0 unspecified atom stereocenters. The van der Waals surface area contributed by atoms with Crippen LogP contribution in [0.25, 0.3) is 0 Å². The Kier molecular flexibility index (Phi) is 2.67. The molecule has 1 aliphatic rings. The second-order valence-electron chi connectivity index (χ2n) is 3.46. The fraction of sp³-hybridized carbons (Fsp3) is 0.273. The van der Waals surface area contributed by atoms with Crippen molar-refractivity contribution in [2.24, 2.45) is 0 Å². The molecule has 15 heavy (non-hydrogen) atoms. The summed E-state index contributed by atoms with van der Waals surface area (Å²) >= 11 is 0. The van der Waals surface area contributed by atoms with Gasteiger partial charge in [0.15, 0.2) is 0 Å². The van der Waals surface area contributed by atoms with Crippen molar-refractivity contribution >= 4 is 18.0 Å². The molecule has 0 atom stereocenters. The summed E-state index contributed by atoms with van der Waals surface area (Å²) in [6.45, 7) is 1.06. The van der Waals surface area contributed by atoms with Gasteiger partial charge in [-0.1, -0.05) is 18.2 Å². The smallest absolute Gasteiger partial charge is 0.320 e. The number of urea groups is 1. The molecule has 1 heterocycles. The van der Waals surface area contributed by atoms with Gasteiger partial charge in [-0.3, -0.25) is 0 Å². The lowest BCUT2D eigenvalue weighted by Crippen LogP contribution is -2.39. The number of benzene rings is 1. The number of rotatable bonds is 3. The van der Waals surface area contributed by atoms with E-state index in [1.165, 1.54) is 0 Å². The van der Waals surface area contributed by atoms with Crippen LogP contribution in [0.1, 0.15) is 12.0 Å². The molecule has 1 N–H and O–H groups in total. The van der Waals surface area contributed by atoms with E-state index in [0.29, 0.717) is 19.5 Å². The van der Waals surface area contributed by atoms with E-state index in [1.54, 1.807) is 4.90 Å². The molecule has 0 bridgehead atoms. The van der Waals surface area contributed by atoms with Crippen LogP contribution >= 0.6 is 0 Å². The zero-order valence-electron chi connectivity index (χ0n) is 8.27. The van der Waals surface area contributed by atoms with E-state index in [4.69, 9.17) is 0 Å². The van der Waals surface area contributed by atoms with Crippen molar-refractivity contribution in [1.29, 1.82) is 0 Å². The van der Waals surface area contributed by atoms with Gasteiger partial charge < -0.3 is 15.0 Å². The fourth-order valence-corrected chi connectivity index (χ4v) is 1.64. The standard InChI is InChI=1S/C11H12N2O2/c14-7-3-6-13-8-9-4-1-2-5-10(9)12-11(13)15/h1-2,4-5,7H,3,6,8H2,(H,12,15). The summed E-state index contributed by atoms with van der Waals surface area (Å²) in [5.74, 6) is 0. The third kappa shape index (κ3) is 1.98. The lowest BCUT2D eigenvalue weighted by Gasteiger charge is -2.28. The van der Waals surface area contributed by atoms with E-state index < -0.39 is 0 Å². The molecule has 2 amide bonds. The fourth-order valence-electron chi connectivity index (χ4n) is 1.64. The maximum absolute atomic E-state index is 11.6. The summed E-state index contributed by atoms with van der Waals surface area (Å²) in [5, 5.41) is 2.79. The van der Waals surface area contributed by atoms with Crippen LogP contribution in [-0.2, 0) is 11.3 Å². The Hall–Kier alpha value is -1.84. The number of nitrogens with zero attached hydrogens (tertiary/aromatic N) is 1. The summed E-state index contributed by atoms with van der Waals surface area (Å²) < 4.78 is 0. The van der Waals surface area contributed by atoms with Gasteiger partial charge in [-0.05, 0) is 11.6 Å². The molecular formula is C11H12N2O2. The van der Waals surface area contributed by atoms with Gasteiger partial charge in [-0.25, -0.2) is 4.79 Å². The van der Waals surface area contributed by atoms with Gasteiger partial charge in [0.25, 0.3) is 0 Å². The minimum absolute atomic E-state index is 0.129. The van der Waals surface area contributed by atoms with Crippen molar-refractivity contribution in [3.05, 3.63) is 29.8 Å². The van der Waals surface area contributed by atoms with Crippen LogP contribution in [0.2, 0.25) is 0 Å². The molecule has 0 saturated heterocycles. The average Bonchev–Trinajstić information content (AvgIpc) is 2.26. The molecule has 0 aliphatic carbocycles. The first-order valence-corrected chi connectivity index (χ1v) is 4.89. The monoisotopic (exact) mass is 204 g/mol. The van der Waals surface area contributed by atoms with Gasteiger partial charge in [0.05, 0.1) is 0 Å². The summed E-state index contributed by atoms with van der Waals surface area (Å²) in [4.78, 5) is 23.4. The third-order valence-electron chi connectivity index (χ3n) is 2.42. The Bertz CT molecular complexity index is 390. The number of aldehydes is 1. The average molecular weight is 204 g/mol. The Morgan fingerprint density at radius 3 is 3.00 bits per heavy atom. The zero-order chi connectivity index (χ0) is 10.7. The van der Waals surface area contributed by atoms with Crippen molar-refractivity contribution in [2.75, 3.05) is 11.9 Å². The van der Waals surface area contributed by atoms with Crippen LogP contribution in [0.5, 0.6) is 0 Å². The Morgan fingerprint density at radius 2 is 2.20 bits per heavy atom. The number of nitrogens with one attached hydrogen (secondary N) is 1. The van der Waals surface area contributed by atoms with Crippen LogP contribution in [0.3, 0.4) is 0 Å². The normalized spacial score (nSPS) is 14.4. The van der Waals surface area contributed by atoms with E-state index in [2.05, 4.69) is 5.32 Å². The van der Waals surface area contributed by atoms with E-state index in [-0.39, 0.29) is 6.03 Å². The predicted octanol–water partition coefficient (Wildman–Crippen LogP) is 1.62. The Balaban J connectivity index is 2.14. The van der Waals surface area contributed by atoms with Crippen molar-refractivity contribution in [1.82, 2.24) is 4.90 Å². The second kappa shape index (κ2) is 4.13. The van der Waals surface area contributed by atoms with Crippen LogP contribution in [0, 0.1) is 0 Å². The molecule has 0 radical (unpaired) electrons. The minimum atomic E-state index is -0.129. The molecule has 0 aromatic heterocycles. The van der Waals surface area contributed by atoms with Gasteiger partial charge in [-0.15, -0.1) is 0 Å². The van der Waals surface area contributed by atoms with Crippen LogP contribution in [-0.4, -0.2) is 23.8 Å². The number of hydrogen-bond acceptors (Lipinski definition) is 2. The molecule has 2 rings (SSSR count). The van der Waals surface area contributed by atoms with E-state index in [1.807, 2.05) is 24.3 Å². The number of fused-ring (bicyclic) bond motifs is 1. The minimum Gasteiger partial charge on any atom is -0.320 e. The number of para-hydroxylation sites is 1. The lowest BCUT2D eigenvalue weighted by molar-refractivity contribution is -0.108. The van der Waals surface area contributed by atoms with E-state index >= 15 is 0 Å². The van der Waals surface area contributed by atoms with Gasteiger partial charge >= 0.3 is 6.03 Å². The first kappa shape index (κ1) is 9.71. The molecule has 0 spiro atoms. The van der Waals surface area contributed by atoms with Gasteiger partial charge in [-0.2, -0.15) is 0 Å². The lowest BCUT2D eigenvalue weighted by atomic mass is 10.1. The van der Waals surface area contributed by atoms with Crippen molar-refractivity contribution in [2.45, 2.75) is 13.0 Å². The summed E-state index contributed by atoms with van der Waals surface area (Å²) in [5.41, 5.74) is 1.95. The highest BCUT2D eigenvalue weighted by atomic mass is 16.2. The number of carbonyl (C=O) groups excluding carboxylic acids is 2. The summed E-state index contributed by atoms with van der Waals surface area (Å²) in [7, 11) is 0. The van der Waals surface area contributed by atoms with Gasteiger partial charge in [0, 0.05) is 25.2 Å². The summed E-state index contributed by atoms with van der Waals surface area (Å²) in [6, 6.07) is 7.55. The second-order valence-corrected chi connectivity index (χ2v) is 3.46. The molecule has 78 valence electrons. The Labute approximate surface area is 87.9 Å². The van der Waals surface area contributed by atoms with Crippen molar-refractivity contribution in [3.63, 3.8) is 0 Å². The molecule has 1 aromatic rings. The van der Waals surface area contributed by atoms with Crippen molar-refractivity contribution in [3.8, 4) is 0 Å². The first-order valence-electron chi connectivity index (χ1n) is 4.89. The van der Waals surface area contributed by atoms with Gasteiger partial charge in [0.1, 0.15) is 6.29 Å². The molecule has 4 heteroatoms. The third-order valence-corrected chi connectivity index (χ3v) is 2.42. The quantitative estimate of drug-likeness (QED) is 0.760. The van der Waals surface area contributed by atoms with Crippen LogP contribution in [0.15, 0.2) is 24.3 Å². The number of hydrogen-bond donors (Lipinski definition) is 1. The number of anilines is 1. The highest BCUT2D eigenvalue weighted by molar-refractivity contribution is 5.92. The van der Waals surface area contributed by atoms with Gasteiger partial charge in [0.2, 0.25) is 0 Å². The number of carbonyl (C=O) groups is 2. The van der Waals surface area contributed by atoms with E-state index in [0.717, 1.165) is 17.5 Å². The zero-order valence-corrected chi connectivity index (χ0v) is 8.27. The predicted molar refractivity (Wildman–Crippen MR) is 56.6 cm³/mol. The van der Waals surface area contributed by atoms with Crippen LogP contribution in [0.4, 0.5) is 10.5 Å². The van der Waals surface area contributed by atoms with Crippen molar-refractivity contribution < 1.29 is 9.59 Å². The topological polar surface area (TPSA) is 49.4 Å². The van der Waals surface area contributed by atoms with Crippen LogP contribution < -0.4 is 5.32 Å². The molecule has 1 aromatic carbocycles.